The highest BCUT2D eigenvalue weighted by Crippen LogP contribution is 2.31. The van der Waals surface area contributed by atoms with E-state index in [1.807, 2.05) is 0 Å². The van der Waals surface area contributed by atoms with Gasteiger partial charge >= 0.3 is 5.69 Å². The fraction of sp³-hybridized carbons (Fsp3) is 0.562. The number of hydrogen-bond donors (Lipinski definition) is 1. The van der Waals surface area contributed by atoms with E-state index in [1.165, 1.54) is 25.7 Å². The molecule has 0 spiro atoms. The Morgan fingerprint density at radius 3 is 2.78 bits per heavy atom. The predicted octanol–water partition coefficient (Wildman–Crippen LogP) is 2.68. The molecule has 2 rings (SSSR count). The van der Waals surface area contributed by atoms with Crippen LogP contribution in [0.3, 0.4) is 0 Å². The summed E-state index contributed by atoms with van der Waals surface area (Å²) in [6.07, 6.45) is 4.38. The molecule has 23 heavy (non-hydrogen) atoms. The molecule has 1 saturated carbocycles. The number of methoxy groups -OCH3 is 1. The lowest BCUT2D eigenvalue weighted by Gasteiger charge is -2.29. The average molecular weight is 322 g/mol. The third kappa shape index (κ3) is 4.58. The van der Waals surface area contributed by atoms with Gasteiger partial charge in [-0.25, -0.2) is 0 Å². The number of nitro benzene ring substituents is 1. The second-order valence-corrected chi connectivity index (χ2v) is 5.82. The molecule has 0 radical (unpaired) electrons. The first-order valence-corrected chi connectivity index (χ1v) is 7.76. The standard InChI is InChI=1S/C16H22N2O5/c1-11-5-3-4-6-13(11)17-16(19)10-23-15-8-7-12(22-2)9-14(15)18(20)21/h7-9,11,13H,3-6,10H2,1-2H3,(H,17,19). The molecular weight excluding hydrogens is 300 g/mol. The van der Waals surface area contributed by atoms with Crippen molar-refractivity contribution in [1.29, 1.82) is 0 Å². The molecule has 1 aliphatic rings. The zero-order chi connectivity index (χ0) is 16.8. The Hall–Kier alpha value is -2.31. The van der Waals surface area contributed by atoms with Gasteiger partial charge in [0.05, 0.1) is 18.1 Å². The zero-order valence-electron chi connectivity index (χ0n) is 13.4. The van der Waals surface area contributed by atoms with E-state index >= 15 is 0 Å². The third-order valence-corrected chi connectivity index (χ3v) is 4.18. The highest BCUT2D eigenvalue weighted by molar-refractivity contribution is 5.78. The van der Waals surface area contributed by atoms with Crippen molar-refractivity contribution >= 4 is 11.6 Å². The van der Waals surface area contributed by atoms with Crippen LogP contribution in [0.1, 0.15) is 32.6 Å². The van der Waals surface area contributed by atoms with Gasteiger partial charge in [0.2, 0.25) is 0 Å². The summed E-state index contributed by atoms with van der Waals surface area (Å²) in [5.74, 6) is 0.615. The number of rotatable bonds is 6. The number of ether oxygens (including phenoxy) is 2. The number of hydrogen-bond acceptors (Lipinski definition) is 5. The fourth-order valence-corrected chi connectivity index (χ4v) is 2.81. The summed E-state index contributed by atoms with van der Waals surface area (Å²) in [4.78, 5) is 22.5. The summed E-state index contributed by atoms with van der Waals surface area (Å²) in [6, 6.07) is 4.43. The Balaban J connectivity index is 1.94. The predicted molar refractivity (Wildman–Crippen MR) is 84.7 cm³/mol. The van der Waals surface area contributed by atoms with Gasteiger partial charge in [-0.15, -0.1) is 0 Å². The van der Waals surface area contributed by atoms with Crippen LogP contribution in [0.15, 0.2) is 18.2 Å². The Bertz CT molecular complexity index is 576. The van der Waals surface area contributed by atoms with Gasteiger partial charge in [0.1, 0.15) is 5.75 Å². The van der Waals surface area contributed by atoms with Crippen molar-refractivity contribution in [1.82, 2.24) is 5.32 Å². The van der Waals surface area contributed by atoms with Crippen molar-refractivity contribution in [3.63, 3.8) is 0 Å². The highest BCUT2D eigenvalue weighted by Gasteiger charge is 2.23. The molecule has 0 heterocycles. The third-order valence-electron chi connectivity index (χ3n) is 4.18. The van der Waals surface area contributed by atoms with Crippen LogP contribution in [0.2, 0.25) is 0 Å². The van der Waals surface area contributed by atoms with E-state index in [9.17, 15) is 14.9 Å². The molecule has 1 aliphatic carbocycles. The summed E-state index contributed by atoms with van der Waals surface area (Å²) < 4.78 is 10.3. The minimum atomic E-state index is -0.557. The molecular formula is C16H22N2O5. The largest absolute Gasteiger partial charge is 0.496 e. The van der Waals surface area contributed by atoms with Crippen LogP contribution in [0.25, 0.3) is 0 Å². The second kappa shape index (κ2) is 7.80. The quantitative estimate of drug-likeness (QED) is 0.642. The molecule has 7 nitrogen and oxygen atoms in total. The second-order valence-electron chi connectivity index (χ2n) is 5.82. The van der Waals surface area contributed by atoms with Crippen molar-refractivity contribution in [2.24, 2.45) is 5.92 Å². The summed E-state index contributed by atoms with van der Waals surface area (Å²) in [5.41, 5.74) is -0.219. The van der Waals surface area contributed by atoms with Crippen LogP contribution in [-0.4, -0.2) is 30.6 Å². The normalized spacial score (nSPS) is 20.6. The number of carbonyl (C=O) groups excluding carboxylic acids is 1. The summed E-state index contributed by atoms with van der Waals surface area (Å²) in [6.45, 7) is 1.88. The van der Waals surface area contributed by atoms with Gasteiger partial charge in [0.25, 0.3) is 5.91 Å². The molecule has 2 atom stereocenters. The van der Waals surface area contributed by atoms with Crippen molar-refractivity contribution in [3.8, 4) is 11.5 Å². The number of nitrogens with zero attached hydrogens (tertiary/aromatic N) is 1. The van der Waals surface area contributed by atoms with E-state index in [0.717, 1.165) is 19.3 Å². The molecule has 0 aromatic heterocycles. The molecule has 1 N–H and O–H groups in total. The van der Waals surface area contributed by atoms with Crippen molar-refractivity contribution in [2.45, 2.75) is 38.6 Å². The topological polar surface area (TPSA) is 90.7 Å². The number of amides is 1. The number of benzene rings is 1. The number of nitrogens with one attached hydrogen (secondary N) is 1. The molecule has 0 saturated heterocycles. The van der Waals surface area contributed by atoms with Gasteiger partial charge in [0, 0.05) is 6.04 Å². The summed E-state index contributed by atoms with van der Waals surface area (Å²) in [5, 5.41) is 14.0. The summed E-state index contributed by atoms with van der Waals surface area (Å²) >= 11 is 0. The van der Waals surface area contributed by atoms with E-state index in [1.54, 1.807) is 6.07 Å². The molecule has 1 amide bonds. The van der Waals surface area contributed by atoms with Gasteiger partial charge in [-0.3, -0.25) is 14.9 Å². The maximum absolute atomic E-state index is 12.0. The van der Waals surface area contributed by atoms with Crippen molar-refractivity contribution < 1.29 is 19.2 Å². The Morgan fingerprint density at radius 1 is 1.39 bits per heavy atom. The molecule has 0 aliphatic heterocycles. The monoisotopic (exact) mass is 322 g/mol. The van der Waals surface area contributed by atoms with E-state index in [2.05, 4.69) is 12.2 Å². The van der Waals surface area contributed by atoms with Gasteiger partial charge in [-0.2, -0.15) is 0 Å². The lowest BCUT2D eigenvalue weighted by Crippen LogP contribution is -2.43. The lowest BCUT2D eigenvalue weighted by atomic mass is 9.86. The Morgan fingerprint density at radius 2 is 2.13 bits per heavy atom. The van der Waals surface area contributed by atoms with E-state index in [4.69, 9.17) is 9.47 Å². The van der Waals surface area contributed by atoms with Crippen LogP contribution in [0, 0.1) is 16.0 Å². The minimum Gasteiger partial charge on any atom is -0.496 e. The Labute approximate surface area is 135 Å². The maximum atomic E-state index is 12.0. The van der Waals surface area contributed by atoms with E-state index < -0.39 is 4.92 Å². The first kappa shape index (κ1) is 17.1. The fourth-order valence-electron chi connectivity index (χ4n) is 2.81. The van der Waals surface area contributed by atoms with E-state index in [0.29, 0.717) is 11.7 Å². The molecule has 1 fully saturated rings. The SMILES string of the molecule is COc1ccc(OCC(=O)NC2CCCCC2C)c([N+](=O)[O-])c1. The molecule has 126 valence electrons. The van der Waals surface area contributed by atoms with Crippen molar-refractivity contribution in [3.05, 3.63) is 28.3 Å². The first-order valence-electron chi connectivity index (χ1n) is 7.76. The van der Waals surface area contributed by atoms with Crippen LogP contribution in [0.5, 0.6) is 11.5 Å². The highest BCUT2D eigenvalue weighted by atomic mass is 16.6. The Kier molecular flexibility index (Phi) is 5.78. The van der Waals surface area contributed by atoms with E-state index in [-0.39, 0.29) is 30.0 Å². The number of nitro groups is 1. The van der Waals surface area contributed by atoms with Gasteiger partial charge in [-0.05, 0) is 30.9 Å². The molecule has 1 aromatic rings. The number of carbonyl (C=O) groups is 1. The van der Waals surface area contributed by atoms with Gasteiger partial charge in [-0.1, -0.05) is 19.8 Å². The molecule has 7 heteroatoms. The van der Waals surface area contributed by atoms with Crippen molar-refractivity contribution in [2.75, 3.05) is 13.7 Å². The van der Waals surface area contributed by atoms with Crippen LogP contribution in [0.4, 0.5) is 5.69 Å². The van der Waals surface area contributed by atoms with Crippen LogP contribution in [-0.2, 0) is 4.79 Å². The van der Waals surface area contributed by atoms with Gasteiger partial charge in [0.15, 0.2) is 12.4 Å². The maximum Gasteiger partial charge on any atom is 0.314 e. The molecule has 0 bridgehead atoms. The minimum absolute atomic E-state index is 0.0580. The zero-order valence-corrected chi connectivity index (χ0v) is 13.4. The summed E-state index contributed by atoms with van der Waals surface area (Å²) in [7, 11) is 1.43. The lowest BCUT2D eigenvalue weighted by molar-refractivity contribution is -0.385. The smallest absolute Gasteiger partial charge is 0.314 e. The van der Waals surface area contributed by atoms with Crippen LogP contribution < -0.4 is 14.8 Å². The average Bonchev–Trinajstić information content (AvgIpc) is 2.54. The molecule has 1 aromatic carbocycles. The van der Waals surface area contributed by atoms with Crippen LogP contribution >= 0.6 is 0 Å². The first-order chi connectivity index (χ1) is 11.0. The van der Waals surface area contributed by atoms with Gasteiger partial charge < -0.3 is 14.8 Å². The molecule has 2 unspecified atom stereocenters.